The highest BCUT2D eigenvalue weighted by atomic mass is 16.5. The van der Waals surface area contributed by atoms with Crippen molar-refractivity contribution in [3.05, 3.63) is 11.6 Å². The summed E-state index contributed by atoms with van der Waals surface area (Å²) in [7, 11) is 1.44. The topological polar surface area (TPSA) is 26.3 Å². The molecule has 1 rings (SSSR count). The first-order valence-corrected chi connectivity index (χ1v) is 6.18. The maximum Gasteiger partial charge on any atom is 0.305 e. The summed E-state index contributed by atoms with van der Waals surface area (Å²) >= 11 is 0. The summed E-state index contributed by atoms with van der Waals surface area (Å²) < 4.78 is 4.60. The molecule has 0 N–H and O–H groups in total. The second-order valence-electron chi connectivity index (χ2n) is 5.59. The van der Waals surface area contributed by atoms with E-state index in [0.29, 0.717) is 11.8 Å². The molecule has 0 aliphatic heterocycles. The van der Waals surface area contributed by atoms with Gasteiger partial charge < -0.3 is 4.74 Å². The normalized spacial score (nSPS) is 23.0. The second-order valence-corrected chi connectivity index (χ2v) is 5.59. The molecular formula is C14H24O2. The van der Waals surface area contributed by atoms with E-state index in [1.165, 1.54) is 31.9 Å². The van der Waals surface area contributed by atoms with Crippen molar-refractivity contribution in [1.82, 2.24) is 0 Å². The number of hydrogen-bond donors (Lipinski definition) is 0. The molecular weight excluding hydrogens is 200 g/mol. The zero-order valence-corrected chi connectivity index (χ0v) is 11.0. The Balaban J connectivity index is 2.12. The minimum Gasteiger partial charge on any atom is -0.469 e. The number of methoxy groups -OCH3 is 1. The molecule has 1 fully saturated rings. The predicted octanol–water partition coefficient (Wildman–Crippen LogP) is 3.71. The fraction of sp³-hybridized carbons (Fsp3) is 0.786. The van der Waals surface area contributed by atoms with Crippen molar-refractivity contribution in [1.29, 1.82) is 0 Å². The van der Waals surface area contributed by atoms with Crippen LogP contribution >= 0.6 is 0 Å². The van der Waals surface area contributed by atoms with E-state index in [9.17, 15) is 4.79 Å². The molecule has 1 saturated carbocycles. The van der Waals surface area contributed by atoms with E-state index in [-0.39, 0.29) is 5.97 Å². The lowest BCUT2D eigenvalue weighted by atomic mass is 10.0. The first-order valence-electron chi connectivity index (χ1n) is 6.18. The van der Waals surface area contributed by atoms with Gasteiger partial charge in [0.05, 0.1) is 7.11 Å². The maximum atomic E-state index is 10.9. The fourth-order valence-electron chi connectivity index (χ4n) is 2.11. The van der Waals surface area contributed by atoms with Crippen molar-refractivity contribution in [3.63, 3.8) is 0 Å². The summed E-state index contributed by atoms with van der Waals surface area (Å²) in [5.41, 5.74) is 2.00. The van der Waals surface area contributed by atoms with Gasteiger partial charge in [0.1, 0.15) is 0 Å². The van der Waals surface area contributed by atoms with Gasteiger partial charge >= 0.3 is 5.97 Å². The number of rotatable bonds is 6. The number of esters is 1. The van der Waals surface area contributed by atoms with Gasteiger partial charge in [0.15, 0.2) is 0 Å². The monoisotopic (exact) mass is 224 g/mol. The van der Waals surface area contributed by atoms with E-state index in [1.807, 2.05) is 0 Å². The van der Waals surface area contributed by atoms with Crippen LogP contribution in [0.5, 0.6) is 0 Å². The maximum absolute atomic E-state index is 10.9. The first kappa shape index (κ1) is 13.3. The number of ether oxygens (including phenoxy) is 1. The molecule has 2 nitrogen and oxygen atoms in total. The molecule has 92 valence electrons. The van der Waals surface area contributed by atoms with Crippen molar-refractivity contribution in [2.75, 3.05) is 7.11 Å². The average molecular weight is 224 g/mol. The van der Waals surface area contributed by atoms with Gasteiger partial charge in [-0.1, -0.05) is 25.5 Å². The van der Waals surface area contributed by atoms with Gasteiger partial charge in [-0.05, 0) is 43.9 Å². The number of carbonyl (C=O) groups is 1. The number of carbonyl (C=O) groups excluding carboxylic acids is 1. The molecule has 0 amide bonds. The highest BCUT2D eigenvalue weighted by molar-refractivity contribution is 5.69. The van der Waals surface area contributed by atoms with Gasteiger partial charge in [-0.2, -0.15) is 0 Å². The quantitative estimate of drug-likeness (QED) is 0.508. The summed E-state index contributed by atoms with van der Waals surface area (Å²) in [5, 5.41) is 0. The zero-order valence-electron chi connectivity index (χ0n) is 11.0. The summed E-state index contributed by atoms with van der Waals surface area (Å²) in [5.74, 6) is 0.795. The van der Waals surface area contributed by atoms with E-state index in [4.69, 9.17) is 0 Å². The Labute approximate surface area is 99.1 Å². The van der Waals surface area contributed by atoms with Crippen LogP contribution in [0.1, 0.15) is 52.9 Å². The van der Waals surface area contributed by atoms with Crippen LogP contribution in [0.15, 0.2) is 11.6 Å². The van der Waals surface area contributed by atoms with Crippen LogP contribution in [0.4, 0.5) is 0 Å². The Morgan fingerprint density at radius 1 is 1.44 bits per heavy atom. The van der Waals surface area contributed by atoms with Crippen molar-refractivity contribution in [3.8, 4) is 0 Å². The Hall–Kier alpha value is -0.790. The van der Waals surface area contributed by atoms with Crippen LogP contribution < -0.4 is 0 Å². The van der Waals surface area contributed by atoms with Crippen LogP contribution in [0.3, 0.4) is 0 Å². The minimum absolute atomic E-state index is 0.118. The average Bonchev–Trinajstić information content (AvgIpc) is 2.83. The lowest BCUT2D eigenvalue weighted by molar-refractivity contribution is -0.140. The van der Waals surface area contributed by atoms with E-state index in [2.05, 4.69) is 31.6 Å². The van der Waals surface area contributed by atoms with E-state index < -0.39 is 0 Å². The van der Waals surface area contributed by atoms with E-state index >= 15 is 0 Å². The molecule has 0 aromatic carbocycles. The molecule has 16 heavy (non-hydrogen) atoms. The van der Waals surface area contributed by atoms with E-state index in [1.54, 1.807) is 0 Å². The van der Waals surface area contributed by atoms with Crippen molar-refractivity contribution < 1.29 is 9.53 Å². The molecule has 1 aliphatic carbocycles. The Kier molecular flexibility index (Phi) is 4.57. The smallest absolute Gasteiger partial charge is 0.305 e. The summed E-state index contributed by atoms with van der Waals surface area (Å²) in [6.07, 6.45) is 7.34. The predicted molar refractivity (Wildman–Crippen MR) is 66.1 cm³/mol. The van der Waals surface area contributed by atoms with Gasteiger partial charge in [0, 0.05) is 6.42 Å². The molecule has 0 heterocycles. The third kappa shape index (κ3) is 4.38. The van der Waals surface area contributed by atoms with Crippen molar-refractivity contribution >= 4 is 5.97 Å². The SMILES string of the molecule is COC(=O)CC/C=C(\C)CC[C@@H]1CC1(C)C. The molecule has 2 heteroatoms. The van der Waals surface area contributed by atoms with Crippen LogP contribution in [0.25, 0.3) is 0 Å². The molecule has 0 unspecified atom stereocenters. The molecule has 1 atom stereocenters. The molecule has 0 spiro atoms. The highest BCUT2D eigenvalue weighted by Gasteiger charge is 2.44. The summed E-state index contributed by atoms with van der Waals surface area (Å²) in [4.78, 5) is 10.9. The second kappa shape index (κ2) is 5.51. The van der Waals surface area contributed by atoms with Crippen LogP contribution in [-0.4, -0.2) is 13.1 Å². The Morgan fingerprint density at radius 2 is 2.06 bits per heavy atom. The number of hydrogen-bond acceptors (Lipinski definition) is 2. The van der Waals surface area contributed by atoms with Crippen LogP contribution in [-0.2, 0) is 9.53 Å². The van der Waals surface area contributed by atoms with Crippen LogP contribution in [0.2, 0.25) is 0 Å². The minimum atomic E-state index is -0.118. The van der Waals surface area contributed by atoms with Gasteiger partial charge in [-0.3, -0.25) is 4.79 Å². The van der Waals surface area contributed by atoms with E-state index in [0.717, 1.165) is 12.3 Å². The molecule has 0 radical (unpaired) electrons. The molecule has 0 aromatic heterocycles. The van der Waals surface area contributed by atoms with Crippen LogP contribution in [0, 0.1) is 11.3 Å². The third-order valence-electron chi connectivity index (χ3n) is 3.67. The van der Waals surface area contributed by atoms with Gasteiger partial charge in [-0.15, -0.1) is 0 Å². The van der Waals surface area contributed by atoms with Gasteiger partial charge in [-0.25, -0.2) is 0 Å². The Bertz CT molecular complexity index is 276. The molecule has 0 bridgehead atoms. The number of allylic oxidation sites excluding steroid dienone is 2. The lowest BCUT2D eigenvalue weighted by Crippen LogP contribution is -1.98. The highest BCUT2D eigenvalue weighted by Crippen LogP contribution is 2.54. The summed E-state index contributed by atoms with van der Waals surface area (Å²) in [6.45, 7) is 6.84. The third-order valence-corrected chi connectivity index (χ3v) is 3.67. The van der Waals surface area contributed by atoms with Crippen molar-refractivity contribution in [2.45, 2.75) is 52.9 Å². The first-order chi connectivity index (χ1) is 7.45. The van der Waals surface area contributed by atoms with Gasteiger partial charge in [0.25, 0.3) is 0 Å². The molecule has 0 aromatic rings. The molecule has 1 aliphatic rings. The lowest BCUT2D eigenvalue weighted by Gasteiger charge is -2.04. The Morgan fingerprint density at radius 3 is 2.56 bits per heavy atom. The zero-order chi connectivity index (χ0) is 12.2. The standard InChI is InChI=1S/C14H24O2/c1-11(6-5-7-13(15)16-4)8-9-12-10-14(12,2)3/h6,12H,5,7-10H2,1-4H3/b11-6+/t12-/m1/s1. The summed E-state index contributed by atoms with van der Waals surface area (Å²) in [6, 6.07) is 0. The molecule has 0 saturated heterocycles. The largest absolute Gasteiger partial charge is 0.469 e. The fourth-order valence-corrected chi connectivity index (χ4v) is 2.11. The van der Waals surface area contributed by atoms with Gasteiger partial charge in [0.2, 0.25) is 0 Å². The van der Waals surface area contributed by atoms with Crippen molar-refractivity contribution in [2.24, 2.45) is 11.3 Å².